The predicted octanol–water partition coefficient (Wildman–Crippen LogP) is 3.90. The molecule has 0 aliphatic heterocycles. The minimum absolute atomic E-state index is 0.210. The number of nitrogens with zero attached hydrogens (tertiary/aromatic N) is 5. The molecule has 0 unspecified atom stereocenters. The lowest BCUT2D eigenvalue weighted by Crippen LogP contribution is -2.27. The quantitative estimate of drug-likeness (QED) is 0.250. The van der Waals surface area contributed by atoms with Crippen molar-refractivity contribution in [3.63, 3.8) is 0 Å². The summed E-state index contributed by atoms with van der Waals surface area (Å²) in [6, 6.07) is 14.7. The van der Waals surface area contributed by atoms with Crippen LogP contribution in [0.15, 0.2) is 73.4 Å². The number of rotatable bonds is 9. The molecule has 0 saturated carbocycles. The lowest BCUT2D eigenvalue weighted by molar-refractivity contribution is 0.0936. The molecule has 198 valence electrons. The van der Waals surface area contributed by atoms with E-state index in [0.29, 0.717) is 41.3 Å². The summed E-state index contributed by atoms with van der Waals surface area (Å²) in [6.45, 7) is 4.64. The van der Waals surface area contributed by atoms with Crippen molar-refractivity contribution in [3.05, 3.63) is 95.7 Å². The first-order valence-corrected chi connectivity index (χ1v) is 12.3. The fourth-order valence-corrected chi connectivity index (χ4v) is 4.22. The number of fused-ring (bicyclic) bond motifs is 1. The van der Waals surface area contributed by atoms with Crippen LogP contribution in [0.1, 0.15) is 31.8 Å². The molecule has 0 spiro atoms. The summed E-state index contributed by atoms with van der Waals surface area (Å²) in [6.07, 6.45) is 6.62. The molecular formula is C28H28N8O3. The Balaban J connectivity index is 1.38. The highest BCUT2D eigenvalue weighted by molar-refractivity contribution is 6.05. The van der Waals surface area contributed by atoms with Crippen molar-refractivity contribution in [1.29, 1.82) is 0 Å². The standard InChI is InChI=1S/C28H28N8O3/c1-18-8-9-21(33-27(37)20-6-4-7-22(14-20)35-12-5-10-31-35)15-24(18)34-26-25-19(2)23(16-36(25)32-17-30-26)28(38)29-11-13-39-3/h4-10,12,14-17H,11,13H2,1-3H3,(H,29,38)(H,33,37)(H,30,32,34). The molecule has 0 bridgehead atoms. The zero-order valence-electron chi connectivity index (χ0n) is 21.8. The number of carbonyl (C=O) groups is 2. The number of benzene rings is 2. The zero-order valence-corrected chi connectivity index (χ0v) is 21.8. The van der Waals surface area contributed by atoms with E-state index >= 15 is 0 Å². The van der Waals surface area contributed by atoms with Crippen molar-refractivity contribution in [2.75, 3.05) is 30.9 Å². The predicted molar refractivity (Wildman–Crippen MR) is 148 cm³/mol. The van der Waals surface area contributed by atoms with E-state index in [2.05, 4.69) is 31.1 Å². The summed E-state index contributed by atoms with van der Waals surface area (Å²) >= 11 is 0. The van der Waals surface area contributed by atoms with Crippen LogP contribution < -0.4 is 16.0 Å². The van der Waals surface area contributed by atoms with Gasteiger partial charge in [0, 0.05) is 49.2 Å². The zero-order chi connectivity index (χ0) is 27.4. The second-order valence-electron chi connectivity index (χ2n) is 8.93. The Bertz CT molecular complexity index is 1640. The molecule has 3 heterocycles. The van der Waals surface area contributed by atoms with Gasteiger partial charge in [-0.15, -0.1) is 0 Å². The Morgan fingerprint density at radius 1 is 1.03 bits per heavy atom. The first-order chi connectivity index (χ1) is 18.9. The van der Waals surface area contributed by atoms with E-state index in [1.807, 2.05) is 56.4 Å². The molecule has 39 heavy (non-hydrogen) atoms. The molecule has 0 radical (unpaired) electrons. The maximum Gasteiger partial charge on any atom is 0.255 e. The van der Waals surface area contributed by atoms with Gasteiger partial charge >= 0.3 is 0 Å². The number of aryl methyl sites for hydroxylation is 2. The Labute approximate surface area is 224 Å². The van der Waals surface area contributed by atoms with Gasteiger partial charge < -0.3 is 20.7 Å². The molecule has 0 aliphatic rings. The van der Waals surface area contributed by atoms with E-state index in [1.165, 1.54) is 6.33 Å². The molecule has 0 fully saturated rings. The van der Waals surface area contributed by atoms with E-state index in [0.717, 1.165) is 22.5 Å². The average molecular weight is 525 g/mol. The third kappa shape index (κ3) is 5.48. The van der Waals surface area contributed by atoms with Crippen molar-refractivity contribution in [2.45, 2.75) is 13.8 Å². The minimum atomic E-state index is -0.241. The number of amides is 2. The molecule has 2 amide bonds. The van der Waals surface area contributed by atoms with Gasteiger partial charge in [0.2, 0.25) is 0 Å². The highest BCUT2D eigenvalue weighted by atomic mass is 16.5. The van der Waals surface area contributed by atoms with E-state index in [1.54, 1.807) is 40.8 Å². The van der Waals surface area contributed by atoms with Gasteiger partial charge in [0.1, 0.15) is 11.8 Å². The third-order valence-corrected chi connectivity index (χ3v) is 6.29. The van der Waals surface area contributed by atoms with Gasteiger partial charge in [0.15, 0.2) is 5.82 Å². The largest absolute Gasteiger partial charge is 0.383 e. The van der Waals surface area contributed by atoms with Crippen molar-refractivity contribution >= 4 is 34.5 Å². The lowest BCUT2D eigenvalue weighted by atomic mass is 10.1. The molecule has 5 aromatic rings. The fraction of sp³-hybridized carbons (Fsp3) is 0.179. The van der Waals surface area contributed by atoms with Gasteiger partial charge in [0.25, 0.3) is 11.8 Å². The summed E-state index contributed by atoms with van der Waals surface area (Å²) in [5.41, 5.74) is 5.55. The summed E-state index contributed by atoms with van der Waals surface area (Å²) in [4.78, 5) is 30.2. The van der Waals surface area contributed by atoms with E-state index in [9.17, 15) is 9.59 Å². The molecule has 2 aromatic carbocycles. The second-order valence-corrected chi connectivity index (χ2v) is 8.93. The number of ether oxygens (including phenoxy) is 1. The average Bonchev–Trinajstić information content (AvgIpc) is 3.60. The first kappa shape index (κ1) is 25.6. The molecule has 3 aromatic heterocycles. The number of anilines is 3. The smallest absolute Gasteiger partial charge is 0.255 e. The van der Waals surface area contributed by atoms with Gasteiger partial charge in [-0.1, -0.05) is 12.1 Å². The topological polar surface area (TPSA) is 127 Å². The SMILES string of the molecule is COCCNC(=O)c1cn2ncnc(Nc3cc(NC(=O)c4cccc(-n5cccn5)c4)ccc3C)c2c1C. The number of hydrogen-bond donors (Lipinski definition) is 3. The molecule has 3 N–H and O–H groups in total. The molecule has 0 aliphatic carbocycles. The molecule has 5 rings (SSSR count). The normalized spacial score (nSPS) is 10.9. The van der Waals surface area contributed by atoms with E-state index in [-0.39, 0.29) is 11.8 Å². The highest BCUT2D eigenvalue weighted by Crippen LogP contribution is 2.28. The fourth-order valence-electron chi connectivity index (χ4n) is 4.22. The van der Waals surface area contributed by atoms with Crippen molar-refractivity contribution < 1.29 is 14.3 Å². The lowest BCUT2D eigenvalue weighted by Gasteiger charge is -2.13. The number of nitrogens with one attached hydrogen (secondary N) is 3. The van der Waals surface area contributed by atoms with Crippen LogP contribution in [0.4, 0.5) is 17.2 Å². The van der Waals surface area contributed by atoms with Crippen molar-refractivity contribution in [3.8, 4) is 5.69 Å². The highest BCUT2D eigenvalue weighted by Gasteiger charge is 2.18. The monoisotopic (exact) mass is 524 g/mol. The molecule has 11 heteroatoms. The van der Waals surface area contributed by atoms with E-state index < -0.39 is 0 Å². The van der Waals surface area contributed by atoms with E-state index in [4.69, 9.17) is 4.74 Å². The van der Waals surface area contributed by atoms with Crippen LogP contribution >= 0.6 is 0 Å². The van der Waals surface area contributed by atoms with Crippen molar-refractivity contribution in [2.24, 2.45) is 0 Å². The Morgan fingerprint density at radius 2 is 1.90 bits per heavy atom. The number of hydrogen-bond acceptors (Lipinski definition) is 7. The van der Waals surface area contributed by atoms with Crippen LogP contribution in [0.25, 0.3) is 11.2 Å². The van der Waals surface area contributed by atoms with Crippen LogP contribution in [0.3, 0.4) is 0 Å². The second kappa shape index (κ2) is 11.2. The minimum Gasteiger partial charge on any atom is -0.383 e. The van der Waals surface area contributed by atoms with Gasteiger partial charge in [-0.2, -0.15) is 10.2 Å². The van der Waals surface area contributed by atoms with Crippen LogP contribution in [0, 0.1) is 13.8 Å². The molecule has 11 nitrogen and oxygen atoms in total. The van der Waals surface area contributed by atoms with Crippen LogP contribution in [0.2, 0.25) is 0 Å². The summed E-state index contributed by atoms with van der Waals surface area (Å²) < 4.78 is 8.34. The van der Waals surface area contributed by atoms with Gasteiger partial charge in [-0.05, 0) is 61.4 Å². The van der Waals surface area contributed by atoms with Gasteiger partial charge in [0.05, 0.1) is 17.9 Å². The number of methoxy groups -OCH3 is 1. The summed E-state index contributed by atoms with van der Waals surface area (Å²) in [7, 11) is 1.58. The maximum atomic E-state index is 13.0. The molecular weight excluding hydrogens is 496 g/mol. The first-order valence-electron chi connectivity index (χ1n) is 12.3. The van der Waals surface area contributed by atoms with Crippen molar-refractivity contribution in [1.82, 2.24) is 29.7 Å². The Hall–Kier alpha value is -5.03. The van der Waals surface area contributed by atoms with Crippen LogP contribution in [-0.2, 0) is 4.74 Å². The summed E-state index contributed by atoms with van der Waals surface area (Å²) in [5.74, 6) is 0.0882. The number of aromatic nitrogens is 5. The maximum absolute atomic E-state index is 13.0. The van der Waals surface area contributed by atoms with Crippen LogP contribution in [0.5, 0.6) is 0 Å². The summed E-state index contributed by atoms with van der Waals surface area (Å²) in [5, 5.41) is 17.7. The van der Waals surface area contributed by atoms with Gasteiger partial charge in [-0.25, -0.2) is 14.2 Å². The number of carbonyl (C=O) groups excluding carboxylic acids is 2. The Morgan fingerprint density at radius 3 is 2.69 bits per heavy atom. The Kier molecular flexibility index (Phi) is 7.32. The molecule has 0 atom stereocenters. The van der Waals surface area contributed by atoms with Crippen LogP contribution in [-0.4, -0.2) is 56.5 Å². The third-order valence-electron chi connectivity index (χ3n) is 6.29. The van der Waals surface area contributed by atoms with Gasteiger partial charge in [-0.3, -0.25) is 9.59 Å². The molecule has 0 saturated heterocycles.